The summed E-state index contributed by atoms with van der Waals surface area (Å²) in [4.78, 5) is 11.8. The summed E-state index contributed by atoms with van der Waals surface area (Å²) in [5.41, 5.74) is 5.53. The molecule has 1 fully saturated rings. The van der Waals surface area contributed by atoms with E-state index < -0.39 is 0 Å². The Balaban J connectivity index is 2.42. The Morgan fingerprint density at radius 1 is 1.57 bits per heavy atom. The fourth-order valence-electron chi connectivity index (χ4n) is 1.76. The van der Waals surface area contributed by atoms with Gasteiger partial charge in [-0.2, -0.15) is 0 Å². The van der Waals surface area contributed by atoms with Gasteiger partial charge < -0.3 is 11.1 Å². The predicted octanol–water partition coefficient (Wildman–Crippen LogP) is 1.28. The lowest BCUT2D eigenvalue weighted by Crippen LogP contribution is -2.45. The van der Waals surface area contributed by atoms with Crippen LogP contribution in [-0.4, -0.2) is 18.0 Å². The van der Waals surface area contributed by atoms with E-state index in [9.17, 15) is 4.79 Å². The van der Waals surface area contributed by atoms with E-state index in [1.165, 1.54) is 0 Å². The summed E-state index contributed by atoms with van der Waals surface area (Å²) in [6, 6.07) is 0. The Kier molecular flexibility index (Phi) is 2.91. The number of carbonyl (C=O) groups excluding carboxylic acids is 1. The zero-order chi connectivity index (χ0) is 11.0. The number of nitrogens with one attached hydrogen (secondary N) is 1. The van der Waals surface area contributed by atoms with Crippen LogP contribution in [0.3, 0.4) is 0 Å². The third-order valence-corrected chi connectivity index (χ3v) is 3.06. The quantitative estimate of drug-likeness (QED) is 0.715. The molecule has 0 aromatic carbocycles. The van der Waals surface area contributed by atoms with Gasteiger partial charge in [-0.15, -0.1) is 0 Å². The molecule has 0 heterocycles. The maximum Gasteiger partial charge on any atom is 0.224 e. The van der Waals surface area contributed by atoms with E-state index in [0.29, 0.717) is 6.54 Å². The summed E-state index contributed by atoms with van der Waals surface area (Å²) in [6.45, 7) is 8.92. The van der Waals surface area contributed by atoms with Gasteiger partial charge in [-0.1, -0.05) is 13.8 Å². The summed E-state index contributed by atoms with van der Waals surface area (Å²) in [7, 11) is 0. The van der Waals surface area contributed by atoms with Crippen LogP contribution < -0.4 is 11.1 Å². The molecule has 1 aliphatic rings. The Bertz CT molecular complexity index is 233. The average Bonchev–Trinajstić information content (AvgIpc) is 2.58. The highest BCUT2D eigenvalue weighted by Gasteiger charge is 2.51. The minimum Gasteiger partial charge on any atom is -0.351 e. The van der Waals surface area contributed by atoms with E-state index >= 15 is 0 Å². The molecule has 82 valence electrons. The molecule has 1 amide bonds. The standard InChI is InChI=1S/C11H22N2O/c1-10(2)7-8(10)9(14)13-11(3,4)5-6-12/h8H,5-7,12H2,1-4H3,(H,13,14). The molecule has 0 spiro atoms. The molecule has 3 heteroatoms. The zero-order valence-corrected chi connectivity index (χ0v) is 9.68. The second kappa shape index (κ2) is 3.54. The van der Waals surface area contributed by atoms with Crippen LogP contribution in [0.25, 0.3) is 0 Å². The molecule has 1 unspecified atom stereocenters. The molecule has 0 aromatic rings. The van der Waals surface area contributed by atoms with E-state index in [1.807, 2.05) is 13.8 Å². The lowest BCUT2D eigenvalue weighted by molar-refractivity contribution is -0.124. The normalized spacial score (nSPS) is 24.5. The molecule has 14 heavy (non-hydrogen) atoms. The Labute approximate surface area is 86.4 Å². The van der Waals surface area contributed by atoms with Crippen LogP contribution in [0.4, 0.5) is 0 Å². The largest absolute Gasteiger partial charge is 0.351 e. The third-order valence-electron chi connectivity index (χ3n) is 3.06. The van der Waals surface area contributed by atoms with Gasteiger partial charge in [0.15, 0.2) is 0 Å². The fraction of sp³-hybridized carbons (Fsp3) is 0.909. The molecule has 1 atom stereocenters. The van der Waals surface area contributed by atoms with Gasteiger partial charge in [-0.05, 0) is 38.6 Å². The van der Waals surface area contributed by atoms with E-state index in [4.69, 9.17) is 5.73 Å². The van der Waals surface area contributed by atoms with Crippen molar-refractivity contribution in [3.05, 3.63) is 0 Å². The van der Waals surface area contributed by atoms with Crippen molar-refractivity contribution in [1.29, 1.82) is 0 Å². The van der Waals surface area contributed by atoms with Gasteiger partial charge in [0.2, 0.25) is 5.91 Å². The predicted molar refractivity (Wildman–Crippen MR) is 57.8 cm³/mol. The minimum atomic E-state index is -0.162. The summed E-state index contributed by atoms with van der Waals surface area (Å²) in [5, 5.41) is 3.06. The first kappa shape index (κ1) is 11.5. The van der Waals surface area contributed by atoms with Gasteiger partial charge in [0, 0.05) is 11.5 Å². The maximum absolute atomic E-state index is 11.8. The number of nitrogens with two attached hydrogens (primary N) is 1. The number of hydrogen-bond donors (Lipinski definition) is 2. The van der Waals surface area contributed by atoms with Crippen molar-refractivity contribution in [3.8, 4) is 0 Å². The smallest absolute Gasteiger partial charge is 0.224 e. The maximum atomic E-state index is 11.8. The first-order chi connectivity index (χ1) is 6.28. The lowest BCUT2D eigenvalue weighted by atomic mass is 10.00. The van der Waals surface area contributed by atoms with Crippen LogP contribution in [0, 0.1) is 11.3 Å². The summed E-state index contributed by atoms with van der Waals surface area (Å²) in [6.07, 6.45) is 1.84. The van der Waals surface area contributed by atoms with Gasteiger partial charge in [0.25, 0.3) is 0 Å². The molecule has 3 N–H and O–H groups in total. The molecule has 1 rings (SSSR count). The van der Waals surface area contributed by atoms with Crippen molar-refractivity contribution in [3.63, 3.8) is 0 Å². The van der Waals surface area contributed by atoms with E-state index in [1.54, 1.807) is 0 Å². The fourth-order valence-corrected chi connectivity index (χ4v) is 1.76. The number of amides is 1. The van der Waals surface area contributed by atoms with Crippen LogP contribution in [-0.2, 0) is 4.79 Å². The molecular formula is C11H22N2O. The molecule has 0 bridgehead atoms. The highest BCUT2D eigenvalue weighted by Crippen LogP contribution is 2.51. The first-order valence-electron chi connectivity index (χ1n) is 5.31. The number of hydrogen-bond acceptors (Lipinski definition) is 2. The van der Waals surface area contributed by atoms with Crippen LogP contribution in [0.2, 0.25) is 0 Å². The monoisotopic (exact) mass is 198 g/mol. The third kappa shape index (κ3) is 2.71. The first-order valence-corrected chi connectivity index (χ1v) is 5.31. The molecule has 0 aliphatic heterocycles. The SMILES string of the molecule is CC(C)(CCN)NC(=O)C1CC1(C)C. The van der Waals surface area contributed by atoms with Gasteiger partial charge in [0.1, 0.15) is 0 Å². The highest BCUT2D eigenvalue weighted by atomic mass is 16.2. The topological polar surface area (TPSA) is 55.1 Å². The van der Waals surface area contributed by atoms with Gasteiger partial charge in [-0.25, -0.2) is 0 Å². The van der Waals surface area contributed by atoms with Crippen molar-refractivity contribution in [2.45, 2.75) is 46.1 Å². The van der Waals surface area contributed by atoms with Crippen LogP contribution in [0.15, 0.2) is 0 Å². The Morgan fingerprint density at radius 2 is 2.07 bits per heavy atom. The van der Waals surface area contributed by atoms with Crippen molar-refractivity contribution >= 4 is 5.91 Å². The summed E-state index contributed by atoms with van der Waals surface area (Å²) < 4.78 is 0. The highest BCUT2D eigenvalue weighted by molar-refractivity contribution is 5.82. The minimum absolute atomic E-state index is 0.162. The average molecular weight is 198 g/mol. The summed E-state index contributed by atoms with van der Waals surface area (Å²) in [5.74, 6) is 0.396. The Hall–Kier alpha value is -0.570. The molecule has 0 radical (unpaired) electrons. The van der Waals surface area contributed by atoms with Gasteiger partial charge in [-0.3, -0.25) is 4.79 Å². The van der Waals surface area contributed by atoms with Crippen molar-refractivity contribution in [1.82, 2.24) is 5.32 Å². The second-order valence-electron chi connectivity index (χ2n) is 5.66. The van der Waals surface area contributed by atoms with Crippen molar-refractivity contribution < 1.29 is 4.79 Å². The zero-order valence-electron chi connectivity index (χ0n) is 9.68. The molecule has 1 aliphatic carbocycles. The molecular weight excluding hydrogens is 176 g/mol. The van der Waals surface area contributed by atoms with Gasteiger partial charge in [0.05, 0.1) is 0 Å². The second-order valence-corrected chi connectivity index (χ2v) is 5.66. The van der Waals surface area contributed by atoms with Crippen LogP contribution in [0.5, 0.6) is 0 Å². The lowest BCUT2D eigenvalue weighted by Gasteiger charge is -2.26. The molecule has 3 nitrogen and oxygen atoms in total. The van der Waals surface area contributed by atoms with Crippen LogP contribution in [0.1, 0.15) is 40.5 Å². The van der Waals surface area contributed by atoms with Crippen LogP contribution >= 0.6 is 0 Å². The summed E-state index contributed by atoms with van der Waals surface area (Å²) >= 11 is 0. The van der Waals surface area contributed by atoms with E-state index in [-0.39, 0.29) is 22.8 Å². The van der Waals surface area contributed by atoms with Crippen molar-refractivity contribution in [2.75, 3.05) is 6.54 Å². The molecule has 1 saturated carbocycles. The van der Waals surface area contributed by atoms with Gasteiger partial charge >= 0.3 is 0 Å². The van der Waals surface area contributed by atoms with Crippen molar-refractivity contribution in [2.24, 2.45) is 17.1 Å². The molecule has 0 saturated heterocycles. The molecule has 0 aromatic heterocycles. The Morgan fingerprint density at radius 3 is 2.43 bits per heavy atom. The number of carbonyl (C=O) groups is 1. The van der Waals surface area contributed by atoms with E-state index in [2.05, 4.69) is 19.2 Å². The number of rotatable bonds is 4. The van der Waals surface area contributed by atoms with E-state index in [0.717, 1.165) is 12.8 Å².